The van der Waals surface area contributed by atoms with Crippen LogP contribution in [0.3, 0.4) is 0 Å². The van der Waals surface area contributed by atoms with Crippen molar-refractivity contribution in [3.8, 4) is 5.75 Å². The minimum atomic E-state index is -0.313. The number of rotatable bonds is 7. The van der Waals surface area contributed by atoms with Gasteiger partial charge in [0.25, 0.3) is 5.91 Å². The summed E-state index contributed by atoms with van der Waals surface area (Å²) in [5, 5.41) is 3.04. The predicted octanol–water partition coefficient (Wildman–Crippen LogP) is -0.177. The zero-order chi connectivity index (χ0) is 19.9. The maximum atomic E-state index is 13.9. The molecule has 3 rings (SSSR count). The Morgan fingerprint density at radius 3 is 2.46 bits per heavy atom. The highest BCUT2D eigenvalue weighted by Gasteiger charge is 2.30. The quantitative estimate of drug-likeness (QED) is 0.618. The largest absolute Gasteiger partial charge is 0.494 e. The minimum absolute atomic E-state index is 0.0660. The maximum absolute atomic E-state index is 13.9. The van der Waals surface area contributed by atoms with Gasteiger partial charge in [-0.2, -0.15) is 0 Å². The standard InChI is InChI=1S/C22H28FN3O2/c1-17(22(27)24-15-18-6-4-3-5-7-18)26-12-10-25(11-13-26)16-19-8-9-21(28-2)20(23)14-19/h3-9,14,17H,10-13,15-16H2,1-2H3,(H,24,27)/p+2/t17-/m0/s1. The van der Waals surface area contributed by atoms with Crippen LogP contribution < -0.4 is 19.9 Å². The number of ether oxygens (including phenoxy) is 1. The molecule has 6 heteroatoms. The highest BCUT2D eigenvalue weighted by Crippen LogP contribution is 2.17. The molecule has 1 fully saturated rings. The Bertz CT molecular complexity index is 777. The van der Waals surface area contributed by atoms with Gasteiger partial charge in [-0.25, -0.2) is 4.39 Å². The zero-order valence-corrected chi connectivity index (χ0v) is 16.6. The van der Waals surface area contributed by atoms with Gasteiger partial charge in [0.05, 0.1) is 7.11 Å². The van der Waals surface area contributed by atoms with E-state index in [1.54, 1.807) is 12.1 Å². The summed E-state index contributed by atoms with van der Waals surface area (Å²) >= 11 is 0. The van der Waals surface area contributed by atoms with E-state index in [0.29, 0.717) is 6.54 Å². The number of hydrogen-bond donors (Lipinski definition) is 3. The molecule has 0 unspecified atom stereocenters. The van der Waals surface area contributed by atoms with E-state index in [2.05, 4.69) is 5.32 Å². The fraction of sp³-hybridized carbons (Fsp3) is 0.409. The molecule has 0 radical (unpaired) electrons. The fourth-order valence-corrected chi connectivity index (χ4v) is 3.77. The molecule has 1 aliphatic rings. The first-order valence-corrected chi connectivity index (χ1v) is 9.89. The van der Waals surface area contributed by atoms with Crippen molar-refractivity contribution >= 4 is 5.91 Å². The number of carbonyl (C=O) groups is 1. The molecule has 28 heavy (non-hydrogen) atoms. The highest BCUT2D eigenvalue weighted by molar-refractivity contribution is 5.79. The Kier molecular flexibility index (Phi) is 7.01. The van der Waals surface area contributed by atoms with E-state index in [4.69, 9.17) is 4.74 Å². The summed E-state index contributed by atoms with van der Waals surface area (Å²) in [6.07, 6.45) is 0. The van der Waals surface area contributed by atoms with Gasteiger partial charge < -0.3 is 19.9 Å². The lowest BCUT2D eigenvalue weighted by Gasteiger charge is -2.32. The number of benzene rings is 2. The summed E-state index contributed by atoms with van der Waals surface area (Å²) in [6, 6.07) is 15.1. The highest BCUT2D eigenvalue weighted by atomic mass is 19.1. The summed E-state index contributed by atoms with van der Waals surface area (Å²) in [5.74, 6) is 0.0650. The van der Waals surface area contributed by atoms with Gasteiger partial charge in [0.15, 0.2) is 17.6 Å². The molecular formula is C22H30FN3O2+2. The molecule has 5 nitrogen and oxygen atoms in total. The van der Waals surface area contributed by atoms with Crippen molar-refractivity contribution in [2.24, 2.45) is 0 Å². The van der Waals surface area contributed by atoms with Crippen molar-refractivity contribution in [3.05, 3.63) is 65.5 Å². The summed E-state index contributed by atoms with van der Waals surface area (Å²) in [4.78, 5) is 15.2. The molecule has 2 aromatic carbocycles. The number of amides is 1. The van der Waals surface area contributed by atoms with Crippen LogP contribution in [0.15, 0.2) is 48.5 Å². The fourth-order valence-electron chi connectivity index (χ4n) is 3.77. The van der Waals surface area contributed by atoms with E-state index in [1.807, 2.05) is 43.3 Å². The Balaban J connectivity index is 1.45. The van der Waals surface area contributed by atoms with Gasteiger partial charge in [-0.15, -0.1) is 0 Å². The molecule has 0 saturated carbocycles. The minimum Gasteiger partial charge on any atom is -0.494 e. The van der Waals surface area contributed by atoms with Crippen LogP contribution in [0, 0.1) is 5.82 Å². The Morgan fingerprint density at radius 2 is 1.82 bits per heavy atom. The van der Waals surface area contributed by atoms with Crippen molar-refractivity contribution in [3.63, 3.8) is 0 Å². The van der Waals surface area contributed by atoms with E-state index in [9.17, 15) is 9.18 Å². The van der Waals surface area contributed by atoms with Gasteiger partial charge in [0, 0.05) is 12.1 Å². The molecule has 2 aromatic rings. The van der Waals surface area contributed by atoms with Crippen LogP contribution in [0.5, 0.6) is 5.75 Å². The predicted molar refractivity (Wildman–Crippen MR) is 106 cm³/mol. The molecule has 3 N–H and O–H groups in total. The molecule has 1 atom stereocenters. The second kappa shape index (κ2) is 9.66. The molecule has 1 amide bonds. The average molecular weight is 387 g/mol. The van der Waals surface area contributed by atoms with Gasteiger partial charge in [-0.05, 0) is 30.7 Å². The Hall–Kier alpha value is -2.44. The van der Waals surface area contributed by atoms with E-state index < -0.39 is 0 Å². The molecular weight excluding hydrogens is 357 g/mol. The van der Waals surface area contributed by atoms with Crippen LogP contribution in [-0.2, 0) is 17.9 Å². The SMILES string of the molecule is COc1ccc(C[NH+]2CC[NH+]([C@@H](C)C(=O)NCc3ccccc3)CC2)cc1F. The maximum Gasteiger partial charge on any atom is 0.278 e. The third-order valence-electron chi connectivity index (χ3n) is 5.58. The Labute approximate surface area is 166 Å². The molecule has 1 saturated heterocycles. The van der Waals surface area contributed by atoms with Crippen molar-refractivity contribution in [1.82, 2.24) is 5.32 Å². The van der Waals surface area contributed by atoms with Gasteiger partial charge in [0.1, 0.15) is 32.7 Å². The van der Waals surface area contributed by atoms with Gasteiger partial charge >= 0.3 is 0 Å². The second-order valence-corrected chi connectivity index (χ2v) is 7.48. The first kappa shape index (κ1) is 20.3. The molecule has 150 valence electrons. The zero-order valence-electron chi connectivity index (χ0n) is 16.6. The number of hydrogen-bond acceptors (Lipinski definition) is 2. The van der Waals surface area contributed by atoms with E-state index >= 15 is 0 Å². The lowest BCUT2D eigenvalue weighted by molar-refractivity contribution is -1.02. The van der Waals surface area contributed by atoms with Gasteiger partial charge in [-0.3, -0.25) is 4.79 Å². The van der Waals surface area contributed by atoms with Crippen LogP contribution in [0.1, 0.15) is 18.1 Å². The number of methoxy groups -OCH3 is 1. The van der Waals surface area contributed by atoms with Crippen LogP contribution in [0.4, 0.5) is 4.39 Å². The first-order chi connectivity index (χ1) is 13.6. The summed E-state index contributed by atoms with van der Waals surface area (Å²) in [7, 11) is 1.47. The van der Waals surface area contributed by atoms with Crippen LogP contribution in [0.25, 0.3) is 0 Å². The summed E-state index contributed by atoms with van der Waals surface area (Å²) in [5.41, 5.74) is 2.09. The second-order valence-electron chi connectivity index (χ2n) is 7.48. The first-order valence-electron chi connectivity index (χ1n) is 9.89. The van der Waals surface area contributed by atoms with Crippen molar-refractivity contribution in [1.29, 1.82) is 0 Å². The molecule has 0 spiro atoms. The van der Waals surface area contributed by atoms with Crippen LogP contribution in [-0.4, -0.2) is 45.2 Å². The molecule has 0 bridgehead atoms. The van der Waals surface area contributed by atoms with E-state index in [0.717, 1.165) is 43.9 Å². The van der Waals surface area contributed by atoms with Crippen molar-refractivity contribution in [2.45, 2.75) is 26.1 Å². The molecule has 1 heterocycles. The van der Waals surface area contributed by atoms with Crippen molar-refractivity contribution in [2.75, 3.05) is 33.3 Å². The lowest BCUT2D eigenvalue weighted by Crippen LogP contribution is -3.29. The molecule has 1 aliphatic heterocycles. The monoisotopic (exact) mass is 387 g/mol. The summed E-state index contributed by atoms with van der Waals surface area (Å²) in [6.45, 7) is 7.18. The smallest absolute Gasteiger partial charge is 0.278 e. The third kappa shape index (κ3) is 5.30. The average Bonchev–Trinajstić information content (AvgIpc) is 2.73. The molecule has 0 aliphatic carbocycles. The Morgan fingerprint density at radius 1 is 1.11 bits per heavy atom. The number of halogens is 1. The van der Waals surface area contributed by atoms with E-state index in [1.165, 1.54) is 16.9 Å². The van der Waals surface area contributed by atoms with Gasteiger partial charge in [-0.1, -0.05) is 30.3 Å². The van der Waals surface area contributed by atoms with Crippen LogP contribution >= 0.6 is 0 Å². The topological polar surface area (TPSA) is 47.2 Å². The third-order valence-corrected chi connectivity index (χ3v) is 5.58. The number of carbonyl (C=O) groups excluding carboxylic acids is 1. The van der Waals surface area contributed by atoms with Gasteiger partial charge in [0.2, 0.25) is 0 Å². The van der Waals surface area contributed by atoms with Crippen molar-refractivity contribution < 1.29 is 23.7 Å². The number of quaternary nitrogens is 2. The lowest BCUT2D eigenvalue weighted by atomic mass is 10.1. The number of nitrogens with one attached hydrogen (secondary N) is 3. The van der Waals surface area contributed by atoms with E-state index in [-0.39, 0.29) is 23.5 Å². The number of piperazine rings is 1. The molecule has 0 aromatic heterocycles. The normalized spacial score (nSPS) is 20.4. The van der Waals surface area contributed by atoms with Crippen LogP contribution in [0.2, 0.25) is 0 Å². The summed E-state index contributed by atoms with van der Waals surface area (Å²) < 4.78 is 18.9.